The van der Waals surface area contributed by atoms with Gasteiger partial charge in [0.2, 0.25) is 0 Å². The van der Waals surface area contributed by atoms with Crippen LogP contribution in [0.4, 0.5) is 0 Å². The van der Waals surface area contributed by atoms with Gasteiger partial charge in [0.05, 0.1) is 17.2 Å². The number of unbranched alkanes of at least 4 members (excludes halogenated alkanes) is 1. The lowest BCUT2D eigenvalue weighted by atomic mass is 10.2. The van der Waals surface area contributed by atoms with Crippen LogP contribution in [-0.2, 0) is 0 Å². The molecule has 0 radical (unpaired) electrons. The van der Waals surface area contributed by atoms with Gasteiger partial charge in [0, 0.05) is 4.47 Å². The molecule has 0 unspecified atom stereocenters. The van der Waals surface area contributed by atoms with Crippen LogP contribution in [0.15, 0.2) is 16.6 Å². The molecule has 0 heterocycles. The third-order valence-electron chi connectivity index (χ3n) is 1.91. The number of benzene rings is 1. The molecule has 0 aromatic heterocycles. The molecule has 15 heavy (non-hydrogen) atoms. The first-order valence-corrected chi connectivity index (χ1v) is 5.93. The van der Waals surface area contributed by atoms with E-state index in [0.717, 1.165) is 23.6 Å². The number of aldehydes is 1. The summed E-state index contributed by atoms with van der Waals surface area (Å²) in [7, 11) is 0. The fourth-order valence-electron chi connectivity index (χ4n) is 1.14. The Balaban J connectivity index is 2.89. The van der Waals surface area contributed by atoms with Gasteiger partial charge in [0.25, 0.3) is 0 Å². The largest absolute Gasteiger partial charge is 0.491 e. The molecule has 0 aliphatic rings. The molecule has 4 heteroatoms. The summed E-state index contributed by atoms with van der Waals surface area (Å²) in [6.07, 6.45) is 2.74. The summed E-state index contributed by atoms with van der Waals surface area (Å²) < 4.78 is 6.25. The highest BCUT2D eigenvalue weighted by Crippen LogP contribution is 2.31. The smallest absolute Gasteiger partial charge is 0.153 e. The molecule has 0 aliphatic heterocycles. The second-order valence-corrected chi connectivity index (χ2v) is 4.45. The van der Waals surface area contributed by atoms with E-state index in [1.807, 2.05) is 0 Å². The number of ether oxygens (including phenoxy) is 1. The third-order valence-corrected chi connectivity index (χ3v) is 2.65. The van der Waals surface area contributed by atoms with Crippen LogP contribution in [0.25, 0.3) is 0 Å². The van der Waals surface area contributed by atoms with Crippen LogP contribution < -0.4 is 4.74 Å². The molecule has 0 N–H and O–H groups in total. The van der Waals surface area contributed by atoms with Gasteiger partial charge in [0.15, 0.2) is 6.29 Å². The van der Waals surface area contributed by atoms with E-state index in [9.17, 15) is 4.79 Å². The summed E-state index contributed by atoms with van der Waals surface area (Å²) >= 11 is 9.25. The molecule has 0 saturated carbocycles. The Bertz CT molecular complexity index is 353. The molecule has 0 aliphatic carbocycles. The quantitative estimate of drug-likeness (QED) is 0.603. The zero-order valence-electron chi connectivity index (χ0n) is 8.43. The van der Waals surface area contributed by atoms with Gasteiger partial charge in [-0.15, -0.1) is 0 Å². The Morgan fingerprint density at radius 3 is 2.87 bits per heavy atom. The Morgan fingerprint density at radius 2 is 2.27 bits per heavy atom. The van der Waals surface area contributed by atoms with E-state index in [0.29, 0.717) is 22.9 Å². The number of rotatable bonds is 5. The summed E-state index contributed by atoms with van der Waals surface area (Å²) in [6.45, 7) is 2.66. The van der Waals surface area contributed by atoms with Gasteiger partial charge >= 0.3 is 0 Å². The highest BCUT2D eigenvalue weighted by atomic mass is 79.9. The molecular weight excluding hydrogens is 279 g/mol. The topological polar surface area (TPSA) is 26.3 Å². The average Bonchev–Trinajstić information content (AvgIpc) is 2.20. The number of carbonyl (C=O) groups excluding carboxylic acids is 1. The van der Waals surface area contributed by atoms with Gasteiger partial charge in [0.1, 0.15) is 5.75 Å². The predicted octanol–water partition coefficient (Wildman–Crippen LogP) is 4.09. The van der Waals surface area contributed by atoms with Crippen LogP contribution in [0.1, 0.15) is 30.1 Å². The average molecular weight is 292 g/mol. The van der Waals surface area contributed by atoms with Crippen molar-refractivity contribution in [1.82, 2.24) is 0 Å². The second-order valence-electron chi connectivity index (χ2n) is 3.13. The zero-order chi connectivity index (χ0) is 11.3. The fraction of sp³-hybridized carbons (Fsp3) is 0.364. The first-order valence-electron chi connectivity index (χ1n) is 4.76. The van der Waals surface area contributed by atoms with Crippen LogP contribution in [0.2, 0.25) is 5.02 Å². The minimum Gasteiger partial charge on any atom is -0.491 e. The summed E-state index contributed by atoms with van der Waals surface area (Å²) in [6, 6.07) is 3.41. The van der Waals surface area contributed by atoms with E-state index in [1.165, 1.54) is 0 Å². The fourth-order valence-corrected chi connectivity index (χ4v) is 2.03. The monoisotopic (exact) mass is 290 g/mol. The first kappa shape index (κ1) is 12.5. The Labute approximate surface area is 103 Å². The minimum absolute atomic E-state index is 0.461. The van der Waals surface area contributed by atoms with Gasteiger partial charge in [-0.05, 0) is 18.6 Å². The Hall–Kier alpha value is -0.540. The third kappa shape index (κ3) is 3.50. The molecule has 0 saturated heterocycles. The summed E-state index contributed by atoms with van der Waals surface area (Å²) in [4.78, 5) is 10.8. The maximum atomic E-state index is 10.8. The van der Waals surface area contributed by atoms with Gasteiger partial charge in [-0.2, -0.15) is 0 Å². The second kappa shape index (κ2) is 6.13. The van der Waals surface area contributed by atoms with Crippen molar-refractivity contribution in [3.05, 3.63) is 27.2 Å². The Kier molecular flexibility index (Phi) is 5.12. The molecule has 1 rings (SSSR count). The van der Waals surface area contributed by atoms with Gasteiger partial charge in [-0.1, -0.05) is 40.9 Å². The van der Waals surface area contributed by atoms with Crippen molar-refractivity contribution in [2.24, 2.45) is 0 Å². The normalized spacial score (nSPS) is 10.1. The van der Waals surface area contributed by atoms with Gasteiger partial charge < -0.3 is 4.74 Å². The molecular formula is C11H12BrClO2. The molecule has 2 nitrogen and oxygen atoms in total. The van der Waals surface area contributed by atoms with Crippen LogP contribution in [0, 0.1) is 0 Å². The molecule has 0 bridgehead atoms. The maximum Gasteiger partial charge on any atom is 0.153 e. The van der Waals surface area contributed by atoms with Crippen LogP contribution in [0.5, 0.6) is 5.75 Å². The molecule has 1 aromatic rings. The lowest BCUT2D eigenvalue weighted by molar-refractivity contribution is 0.111. The van der Waals surface area contributed by atoms with Crippen molar-refractivity contribution < 1.29 is 9.53 Å². The number of hydrogen-bond acceptors (Lipinski definition) is 2. The van der Waals surface area contributed by atoms with E-state index < -0.39 is 0 Å². The predicted molar refractivity (Wildman–Crippen MR) is 64.9 cm³/mol. The lowest BCUT2D eigenvalue weighted by Gasteiger charge is -2.10. The summed E-state index contributed by atoms with van der Waals surface area (Å²) in [5.41, 5.74) is 0.477. The van der Waals surface area contributed by atoms with Gasteiger partial charge in [-0.3, -0.25) is 4.79 Å². The van der Waals surface area contributed by atoms with Crippen molar-refractivity contribution in [2.75, 3.05) is 6.61 Å². The maximum absolute atomic E-state index is 10.8. The van der Waals surface area contributed by atoms with Crippen molar-refractivity contribution >= 4 is 33.8 Å². The molecule has 1 aromatic carbocycles. The van der Waals surface area contributed by atoms with Crippen molar-refractivity contribution in [1.29, 1.82) is 0 Å². The van der Waals surface area contributed by atoms with Crippen LogP contribution in [-0.4, -0.2) is 12.9 Å². The number of halogens is 2. The summed E-state index contributed by atoms with van der Waals surface area (Å²) in [5.74, 6) is 0.475. The highest BCUT2D eigenvalue weighted by molar-refractivity contribution is 9.10. The van der Waals surface area contributed by atoms with E-state index in [-0.39, 0.29) is 0 Å². The number of hydrogen-bond donors (Lipinski definition) is 0. The summed E-state index contributed by atoms with van der Waals surface area (Å²) in [5, 5.41) is 0.461. The Morgan fingerprint density at radius 1 is 1.53 bits per heavy atom. The standard InChI is InChI=1S/C11H12BrClO2/c1-2-3-4-15-11-8(7-14)5-9(12)6-10(11)13/h5-7H,2-4H2,1H3. The van der Waals surface area contributed by atoms with E-state index in [1.54, 1.807) is 12.1 Å². The SMILES string of the molecule is CCCCOc1c(Cl)cc(Br)cc1C=O. The van der Waals surface area contributed by atoms with Crippen molar-refractivity contribution in [3.63, 3.8) is 0 Å². The van der Waals surface area contributed by atoms with E-state index in [4.69, 9.17) is 16.3 Å². The first-order chi connectivity index (χ1) is 7.19. The van der Waals surface area contributed by atoms with Crippen molar-refractivity contribution in [2.45, 2.75) is 19.8 Å². The van der Waals surface area contributed by atoms with Gasteiger partial charge in [-0.25, -0.2) is 0 Å². The molecule has 82 valence electrons. The van der Waals surface area contributed by atoms with Crippen LogP contribution in [0.3, 0.4) is 0 Å². The molecule has 0 atom stereocenters. The van der Waals surface area contributed by atoms with E-state index >= 15 is 0 Å². The van der Waals surface area contributed by atoms with Crippen molar-refractivity contribution in [3.8, 4) is 5.75 Å². The molecule has 0 fully saturated rings. The lowest BCUT2D eigenvalue weighted by Crippen LogP contribution is -2.00. The zero-order valence-corrected chi connectivity index (χ0v) is 10.8. The van der Waals surface area contributed by atoms with Crippen LogP contribution >= 0.6 is 27.5 Å². The molecule has 0 amide bonds. The highest BCUT2D eigenvalue weighted by Gasteiger charge is 2.09. The molecule has 0 spiro atoms. The minimum atomic E-state index is 0.461. The van der Waals surface area contributed by atoms with E-state index in [2.05, 4.69) is 22.9 Å². The number of carbonyl (C=O) groups is 1.